The van der Waals surface area contributed by atoms with Crippen LogP contribution in [0.3, 0.4) is 0 Å². The molecule has 0 aliphatic carbocycles. The van der Waals surface area contributed by atoms with Crippen molar-refractivity contribution in [2.75, 3.05) is 11.9 Å². The minimum absolute atomic E-state index is 0.100. The lowest BCUT2D eigenvalue weighted by Crippen LogP contribution is -2.20. The number of aryl methyl sites for hydroxylation is 1. The molecule has 21 heavy (non-hydrogen) atoms. The maximum atomic E-state index is 11.9. The summed E-state index contributed by atoms with van der Waals surface area (Å²) in [6, 6.07) is 10.9. The number of rotatable bonds is 4. The SMILES string of the molecule is Cc1cc(Br)ccc1NC(=O)COc1ccc(Br)cc1Cl. The summed E-state index contributed by atoms with van der Waals surface area (Å²) in [6.07, 6.45) is 0. The molecule has 0 atom stereocenters. The quantitative estimate of drug-likeness (QED) is 0.721. The number of halogens is 3. The van der Waals surface area contributed by atoms with Crippen molar-refractivity contribution in [2.45, 2.75) is 6.92 Å². The monoisotopic (exact) mass is 431 g/mol. The van der Waals surface area contributed by atoms with E-state index >= 15 is 0 Å². The van der Waals surface area contributed by atoms with Crippen molar-refractivity contribution in [2.24, 2.45) is 0 Å². The maximum absolute atomic E-state index is 11.9. The van der Waals surface area contributed by atoms with E-state index in [4.69, 9.17) is 16.3 Å². The second kappa shape index (κ2) is 7.29. The summed E-state index contributed by atoms with van der Waals surface area (Å²) in [5.41, 5.74) is 1.73. The fraction of sp³-hybridized carbons (Fsp3) is 0.133. The number of hydrogen-bond acceptors (Lipinski definition) is 2. The summed E-state index contributed by atoms with van der Waals surface area (Å²) in [4.78, 5) is 11.9. The predicted molar refractivity (Wildman–Crippen MR) is 92.2 cm³/mol. The van der Waals surface area contributed by atoms with E-state index < -0.39 is 0 Å². The van der Waals surface area contributed by atoms with Crippen LogP contribution in [0.25, 0.3) is 0 Å². The highest BCUT2D eigenvalue weighted by Crippen LogP contribution is 2.27. The molecule has 2 aromatic rings. The zero-order valence-electron chi connectivity index (χ0n) is 11.1. The largest absolute Gasteiger partial charge is 0.482 e. The number of anilines is 1. The molecule has 2 aromatic carbocycles. The Labute approximate surface area is 144 Å². The molecular formula is C15H12Br2ClNO2. The standard InChI is InChI=1S/C15H12Br2ClNO2/c1-9-6-10(16)2-4-13(9)19-15(20)8-21-14-5-3-11(17)7-12(14)18/h2-7H,8H2,1H3,(H,19,20). The molecule has 3 nitrogen and oxygen atoms in total. The Morgan fingerprint density at radius 3 is 2.52 bits per heavy atom. The second-order valence-electron chi connectivity index (χ2n) is 4.37. The summed E-state index contributed by atoms with van der Waals surface area (Å²) in [5.74, 6) is 0.238. The fourth-order valence-electron chi connectivity index (χ4n) is 1.69. The Morgan fingerprint density at radius 2 is 1.86 bits per heavy atom. The smallest absolute Gasteiger partial charge is 0.262 e. The Hall–Kier alpha value is -1.04. The minimum Gasteiger partial charge on any atom is -0.482 e. The first-order valence-corrected chi connectivity index (χ1v) is 8.06. The van der Waals surface area contributed by atoms with E-state index in [9.17, 15) is 4.79 Å². The highest BCUT2D eigenvalue weighted by molar-refractivity contribution is 9.10. The zero-order chi connectivity index (χ0) is 15.4. The Morgan fingerprint density at radius 1 is 1.19 bits per heavy atom. The Balaban J connectivity index is 1.96. The van der Waals surface area contributed by atoms with Gasteiger partial charge in [-0.2, -0.15) is 0 Å². The van der Waals surface area contributed by atoms with Crippen LogP contribution in [-0.4, -0.2) is 12.5 Å². The topological polar surface area (TPSA) is 38.3 Å². The van der Waals surface area contributed by atoms with E-state index in [1.165, 1.54) is 0 Å². The zero-order valence-corrected chi connectivity index (χ0v) is 15.0. The Bertz CT molecular complexity index is 677. The maximum Gasteiger partial charge on any atom is 0.262 e. The number of benzene rings is 2. The third-order valence-electron chi connectivity index (χ3n) is 2.72. The number of carbonyl (C=O) groups excluding carboxylic acids is 1. The van der Waals surface area contributed by atoms with Crippen molar-refractivity contribution in [3.8, 4) is 5.75 Å². The lowest BCUT2D eigenvalue weighted by atomic mass is 10.2. The van der Waals surface area contributed by atoms with Crippen LogP contribution in [0, 0.1) is 6.92 Å². The van der Waals surface area contributed by atoms with Crippen LogP contribution < -0.4 is 10.1 Å². The molecule has 0 aliphatic rings. The van der Waals surface area contributed by atoms with Crippen LogP contribution in [-0.2, 0) is 4.79 Å². The van der Waals surface area contributed by atoms with E-state index in [1.54, 1.807) is 18.2 Å². The number of hydrogen-bond donors (Lipinski definition) is 1. The molecule has 1 N–H and O–H groups in total. The van der Waals surface area contributed by atoms with Gasteiger partial charge in [0.05, 0.1) is 5.02 Å². The van der Waals surface area contributed by atoms with E-state index in [-0.39, 0.29) is 12.5 Å². The molecule has 0 radical (unpaired) electrons. The average molecular weight is 434 g/mol. The molecule has 110 valence electrons. The van der Waals surface area contributed by atoms with Gasteiger partial charge in [0, 0.05) is 14.6 Å². The molecule has 2 rings (SSSR count). The molecule has 0 aromatic heterocycles. The molecule has 0 aliphatic heterocycles. The van der Waals surface area contributed by atoms with Crippen molar-refractivity contribution >= 4 is 55.1 Å². The molecule has 6 heteroatoms. The Kier molecular flexibility index (Phi) is 5.67. The number of nitrogens with one attached hydrogen (secondary N) is 1. The summed E-state index contributed by atoms with van der Waals surface area (Å²) in [7, 11) is 0. The van der Waals surface area contributed by atoms with Crippen molar-refractivity contribution in [1.29, 1.82) is 0 Å². The molecule has 0 bridgehead atoms. The van der Waals surface area contributed by atoms with Gasteiger partial charge in [0.15, 0.2) is 6.61 Å². The normalized spacial score (nSPS) is 10.3. The first kappa shape index (κ1) is 16.3. The van der Waals surface area contributed by atoms with Gasteiger partial charge in [-0.15, -0.1) is 0 Å². The van der Waals surface area contributed by atoms with E-state index in [2.05, 4.69) is 37.2 Å². The molecule has 0 saturated heterocycles. The van der Waals surface area contributed by atoms with Gasteiger partial charge in [0.1, 0.15) is 5.75 Å². The third-order valence-corrected chi connectivity index (χ3v) is 4.00. The highest BCUT2D eigenvalue weighted by atomic mass is 79.9. The highest BCUT2D eigenvalue weighted by Gasteiger charge is 2.08. The number of ether oxygens (including phenoxy) is 1. The van der Waals surface area contributed by atoms with E-state index in [1.807, 2.05) is 25.1 Å². The van der Waals surface area contributed by atoms with Crippen LogP contribution in [0.15, 0.2) is 45.3 Å². The summed E-state index contributed by atoms with van der Waals surface area (Å²) in [5, 5.41) is 3.26. The lowest BCUT2D eigenvalue weighted by Gasteiger charge is -2.11. The lowest BCUT2D eigenvalue weighted by molar-refractivity contribution is -0.118. The number of amides is 1. The molecular weight excluding hydrogens is 421 g/mol. The second-order valence-corrected chi connectivity index (χ2v) is 6.61. The van der Waals surface area contributed by atoms with E-state index in [0.29, 0.717) is 10.8 Å². The van der Waals surface area contributed by atoms with Gasteiger partial charge >= 0.3 is 0 Å². The summed E-state index contributed by atoms with van der Waals surface area (Å²) < 4.78 is 7.24. The molecule has 1 amide bonds. The molecule has 0 unspecified atom stereocenters. The number of carbonyl (C=O) groups is 1. The first-order chi connectivity index (χ1) is 9.95. The van der Waals surface area contributed by atoms with Gasteiger partial charge in [0.2, 0.25) is 0 Å². The fourth-order valence-corrected chi connectivity index (χ4v) is 2.89. The van der Waals surface area contributed by atoms with Crippen molar-refractivity contribution in [1.82, 2.24) is 0 Å². The van der Waals surface area contributed by atoms with Gasteiger partial charge in [-0.3, -0.25) is 4.79 Å². The van der Waals surface area contributed by atoms with Crippen molar-refractivity contribution < 1.29 is 9.53 Å². The van der Waals surface area contributed by atoms with Gasteiger partial charge in [-0.1, -0.05) is 43.5 Å². The third kappa shape index (κ3) is 4.73. The average Bonchev–Trinajstić information content (AvgIpc) is 2.41. The summed E-state index contributed by atoms with van der Waals surface area (Å²) in [6.45, 7) is 1.82. The minimum atomic E-state index is -0.237. The van der Waals surface area contributed by atoms with Crippen LogP contribution >= 0.6 is 43.5 Å². The van der Waals surface area contributed by atoms with Crippen molar-refractivity contribution in [3.05, 3.63) is 55.9 Å². The van der Waals surface area contributed by atoms with Gasteiger partial charge < -0.3 is 10.1 Å². The first-order valence-electron chi connectivity index (χ1n) is 6.09. The van der Waals surface area contributed by atoms with Crippen LogP contribution in [0.4, 0.5) is 5.69 Å². The van der Waals surface area contributed by atoms with Gasteiger partial charge in [0.25, 0.3) is 5.91 Å². The predicted octanol–water partition coefficient (Wildman–Crippen LogP) is 5.19. The van der Waals surface area contributed by atoms with Crippen LogP contribution in [0.1, 0.15) is 5.56 Å². The van der Waals surface area contributed by atoms with E-state index in [0.717, 1.165) is 20.2 Å². The van der Waals surface area contributed by atoms with Gasteiger partial charge in [-0.25, -0.2) is 0 Å². The molecule has 0 heterocycles. The van der Waals surface area contributed by atoms with Crippen molar-refractivity contribution in [3.63, 3.8) is 0 Å². The summed E-state index contributed by atoms with van der Waals surface area (Å²) >= 11 is 12.7. The molecule has 0 fully saturated rings. The van der Waals surface area contributed by atoms with Gasteiger partial charge in [-0.05, 0) is 48.9 Å². The van der Waals surface area contributed by atoms with Crippen LogP contribution in [0.5, 0.6) is 5.75 Å². The molecule has 0 spiro atoms. The van der Waals surface area contributed by atoms with Crippen LogP contribution in [0.2, 0.25) is 5.02 Å². The molecule has 0 saturated carbocycles.